The highest BCUT2D eigenvalue weighted by molar-refractivity contribution is 5.58. The maximum absolute atomic E-state index is 9.27. The van der Waals surface area contributed by atoms with Crippen LogP contribution in [0, 0.1) is 13.8 Å². The molecule has 0 aliphatic carbocycles. The van der Waals surface area contributed by atoms with Crippen LogP contribution in [0.1, 0.15) is 11.1 Å². The first-order chi connectivity index (χ1) is 5.15. The third-order valence-electron chi connectivity index (χ3n) is 1.77. The van der Waals surface area contributed by atoms with Gasteiger partial charge in [-0.2, -0.15) is 0 Å². The zero-order valence-corrected chi connectivity index (χ0v) is 6.68. The summed E-state index contributed by atoms with van der Waals surface area (Å²) >= 11 is 0. The maximum atomic E-state index is 9.27. The molecule has 0 saturated heterocycles. The van der Waals surface area contributed by atoms with Crippen LogP contribution in [0.15, 0.2) is 12.1 Å². The van der Waals surface area contributed by atoms with Crippen LogP contribution in [0.25, 0.3) is 0 Å². The lowest BCUT2D eigenvalue weighted by atomic mass is 10.1. The molecular formula is C8H12N2O. The fraction of sp³-hybridized carbons (Fsp3) is 0.250. The normalized spacial score (nSPS) is 9.73. The number of rotatable bonds is 1. The van der Waals surface area contributed by atoms with Gasteiger partial charge in [0.15, 0.2) is 0 Å². The quantitative estimate of drug-likeness (QED) is 0.323. The first-order valence-electron chi connectivity index (χ1n) is 3.42. The maximum Gasteiger partial charge on any atom is 0.140 e. The molecule has 0 unspecified atom stereocenters. The average Bonchev–Trinajstić information content (AvgIpc) is 1.97. The molecule has 0 aliphatic heterocycles. The number of nitrogens with two attached hydrogens (primary N) is 1. The number of nitrogen functional groups attached to an aromatic ring is 1. The monoisotopic (exact) mass is 152 g/mol. The van der Waals surface area contributed by atoms with Crippen LogP contribution in [-0.2, 0) is 0 Å². The van der Waals surface area contributed by atoms with E-state index in [4.69, 9.17) is 5.84 Å². The van der Waals surface area contributed by atoms with Crippen molar-refractivity contribution in [2.45, 2.75) is 13.8 Å². The SMILES string of the molecule is Cc1cc(O)c(NN)cc1C. The topological polar surface area (TPSA) is 58.3 Å². The van der Waals surface area contributed by atoms with E-state index < -0.39 is 0 Å². The van der Waals surface area contributed by atoms with Gasteiger partial charge in [0, 0.05) is 0 Å². The molecule has 0 heterocycles. The lowest BCUT2D eigenvalue weighted by Gasteiger charge is -2.06. The fourth-order valence-electron chi connectivity index (χ4n) is 0.917. The molecule has 0 radical (unpaired) electrons. The van der Waals surface area contributed by atoms with Crippen LogP contribution in [0.3, 0.4) is 0 Å². The zero-order chi connectivity index (χ0) is 8.43. The summed E-state index contributed by atoms with van der Waals surface area (Å²) in [5.41, 5.74) is 5.14. The molecular weight excluding hydrogens is 140 g/mol. The molecule has 1 aromatic carbocycles. The van der Waals surface area contributed by atoms with Gasteiger partial charge in [-0.25, -0.2) is 0 Å². The molecule has 0 bridgehead atoms. The molecule has 0 aliphatic rings. The number of hydrazine groups is 1. The standard InChI is InChI=1S/C8H12N2O/c1-5-3-7(10-9)8(11)4-6(5)2/h3-4,10-11H,9H2,1-2H3. The van der Waals surface area contributed by atoms with Crippen molar-refractivity contribution < 1.29 is 5.11 Å². The van der Waals surface area contributed by atoms with E-state index in [0.29, 0.717) is 5.69 Å². The van der Waals surface area contributed by atoms with E-state index in [1.165, 1.54) is 0 Å². The van der Waals surface area contributed by atoms with Crippen LogP contribution in [0.4, 0.5) is 5.69 Å². The van der Waals surface area contributed by atoms with Crippen LogP contribution in [0.2, 0.25) is 0 Å². The molecule has 0 fully saturated rings. The van der Waals surface area contributed by atoms with Gasteiger partial charge in [-0.3, -0.25) is 5.84 Å². The van der Waals surface area contributed by atoms with Crippen molar-refractivity contribution in [3.63, 3.8) is 0 Å². The van der Waals surface area contributed by atoms with E-state index in [0.717, 1.165) is 11.1 Å². The highest BCUT2D eigenvalue weighted by atomic mass is 16.3. The van der Waals surface area contributed by atoms with Gasteiger partial charge < -0.3 is 10.5 Å². The molecule has 3 nitrogen and oxygen atoms in total. The number of hydrogen-bond acceptors (Lipinski definition) is 3. The van der Waals surface area contributed by atoms with Gasteiger partial charge in [0.1, 0.15) is 5.75 Å². The summed E-state index contributed by atoms with van der Waals surface area (Å²) in [6.45, 7) is 3.91. The molecule has 3 heteroatoms. The van der Waals surface area contributed by atoms with Crippen LogP contribution in [0.5, 0.6) is 5.75 Å². The first-order valence-corrected chi connectivity index (χ1v) is 3.42. The van der Waals surface area contributed by atoms with Gasteiger partial charge in [0.25, 0.3) is 0 Å². The second-order valence-electron chi connectivity index (χ2n) is 2.60. The summed E-state index contributed by atoms with van der Waals surface area (Å²) in [5.74, 6) is 5.35. The van der Waals surface area contributed by atoms with E-state index in [1.807, 2.05) is 19.9 Å². The van der Waals surface area contributed by atoms with Crippen molar-refractivity contribution in [3.05, 3.63) is 23.3 Å². The highest BCUT2D eigenvalue weighted by Crippen LogP contribution is 2.25. The summed E-state index contributed by atoms with van der Waals surface area (Å²) < 4.78 is 0. The Kier molecular flexibility index (Phi) is 2.01. The largest absolute Gasteiger partial charge is 0.506 e. The number of phenols is 1. The second-order valence-corrected chi connectivity index (χ2v) is 2.60. The van der Waals surface area contributed by atoms with Gasteiger partial charge in [0.2, 0.25) is 0 Å². The molecule has 60 valence electrons. The molecule has 0 saturated carbocycles. The van der Waals surface area contributed by atoms with Gasteiger partial charge >= 0.3 is 0 Å². The predicted octanol–water partition coefficient (Wildman–Crippen LogP) is 1.29. The zero-order valence-electron chi connectivity index (χ0n) is 6.68. The predicted molar refractivity (Wildman–Crippen MR) is 45.4 cm³/mol. The summed E-state index contributed by atoms with van der Waals surface area (Å²) in [7, 11) is 0. The molecule has 0 aromatic heterocycles. The lowest BCUT2D eigenvalue weighted by Crippen LogP contribution is -2.07. The minimum Gasteiger partial charge on any atom is -0.506 e. The summed E-state index contributed by atoms with van der Waals surface area (Å²) in [6, 6.07) is 3.50. The van der Waals surface area contributed by atoms with E-state index >= 15 is 0 Å². The first kappa shape index (κ1) is 7.88. The molecule has 0 spiro atoms. The molecule has 1 aromatic rings. The third kappa shape index (κ3) is 1.43. The Morgan fingerprint density at radius 1 is 1.27 bits per heavy atom. The third-order valence-corrected chi connectivity index (χ3v) is 1.77. The molecule has 1 rings (SSSR count). The average molecular weight is 152 g/mol. The number of phenolic OH excluding ortho intramolecular Hbond substituents is 1. The van der Waals surface area contributed by atoms with E-state index in [-0.39, 0.29) is 5.75 Å². The fourth-order valence-corrected chi connectivity index (χ4v) is 0.917. The van der Waals surface area contributed by atoms with Crippen molar-refractivity contribution in [1.82, 2.24) is 0 Å². The van der Waals surface area contributed by atoms with E-state index in [2.05, 4.69) is 5.43 Å². The highest BCUT2D eigenvalue weighted by Gasteiger charge is 2.00. The Labute approximate surface area is 65.8 Å². The lowest BCUT2D eigenvalue weighted by molar-refractivity contribution is 0.476. The van der Waals surface area contributed by atoms with Crippen LogP contribution >= 0.6 is 0 Å². The Hall–Kier alpha value is -1.22. The van der Waals surface area contributed by atoms with Gasteiger partial charge in [-0.1, -0.05) is 0 Å². The van der Waals surface area contributed by atoms with Crippen molar-refractivity contribution in [2.75, 3.05) is 5.43 Å². The summed E-state index contributed by atoms with van der Waals surface area (Å²) in [6.07, 6.45) is 0. The van der Waals surface area contributed by atoms with Crippen molar-refractivity contribution in [3.8, 4) is 5.75 Å². The van der Waals surface area contributed by atoms with Crippen LogP contribution < -0.4 is 11.3 Å². The number of hydrogen-bond donors (Lipinski definition) is 3. The molecule has 0 atom stereocenters. The van der Waals surface area contributed by atoms with E-state index in [1.54, 1.807) is 6.07 Å². The van der Waals surface area contributed by atoms with Gasteiger partial charge in [0.05, 0.1) is 5.69 Å². The smallest absolute Gasteiger partial charge is 0.140 e. The number of anilines is 1. The molecule has 11 heavy (non-hydrogen) atoms. The minimum atomic E-state index is 0.190. The number of nitrogens with one attached hydrogen (secondary N) is 1. The van der Waals surface area contributed by atoms with E-state index in [9.17, 15) is 5.11 Å². The Bertz CT molecular complexity index is 271. The second kappa shape index (κ2) is 2.80. The number of aromatic hydroxyl groups is 1. The van der Waals surface area contributed by atoms with Crippen molar-refractivity contribution in [1.29, 1.82) is 0 Å². The Morgan fingerprint density at radius 3 is 2.36 bits per heavy atom. The Morgan fingerprint density at radius 2 is 1.82 bits per heavy atom. The number of benzene rings is 1. The van der Waals surface area contributed by atoms with Crippen molar-refractivity contribution in [2.24, 2.45) is 5.84 Å². The summed E-state index contributed by atoms with van der Waals surface area (Å²) in [5, 5.41) is 9.27. The molecule has 4 N–H and O–H groups in total. The Balaban J connectivity index is 3.21. The summed E-state index contributed by atoms with van der Waals surface area (Å²) in [4.78, 5) is 0. The minimum absolute atomic E-state index is 0.190. The molecule has 0 amide bonds. The van der Waals surface area contributed by atoms with Crippen molar-refractivity contribution >= 4 is 5.69 Å². The van der Waals surface area contributed by atoms with Gasteiger partial charge in [-0.05, 0) is 37.1 Å². The van der Waals surface area contributed by atoms with Gasteiger partial charge in [-0.15, -0.1) is 0 Å². The number of aryl methyl sites for hydroxylation is 2. The van der Waals surface area contributed by atoms with Crippen LogP contribution in [-0.4, -0.2) is 5.11 Å².